The van der Waals surface area contributed by atoms with Crippen molar-refractivity contribution in [1.82, 2.24) is 15.3 Å². The van der Waals surface area contributed by atoms with E-state index in [-0.39, 0.29) is 30.6 Å². The first-order chi connectivity index (χ1) is 12.8. The van der Waals surface area contributed by atoms with Gasteiger partial charge in [-0.1, -0.05) is 0 Å². The Labute approximate surface area is 157 Å². The van der Waals surface area contributed by atoms with Gasteiger partial charge in [0, 0.05) is 56.8 Å². The predicted octanol–water partition coefficient (Wildman–Crippen LogP) is 2.15. The van der Waals surface area contributed by atoms with E-state index >= 15 is 0 Å². The van der Waals surface area contributed by atoms with Gasteiger partial charge in [0.05, 0.1) is 0 Å². The van der Waals surface area contributed by atoms with E-state index in [0.717, 1.165) is 0 Å². The first-order valence-electron chi connectivity index (χ1n) is 8.36. The molecule has 0 spiro atoms. The number of nitrogens with one attached hydrogen (secondary N) is 2. The molecule has 7 nitrogen and oxygen atoms in total. The molecular formula is C19H22FN5O2. The van der Waals surface area contributed by atoms with Gasteiger partial charge in [-0.25, -0.2) is 14.4 Å². The zero-order valence-corrected chi connectivity index (χ0v) is 15.5. The third-order valence-electron chi connectivity index (χ3n) is 3.58. The van der Waals surface area contributed by atoms with Gasteiger partial charge in [0.25, 0.3) is 0 Å². The van der Waals surface area contributed by atoms with Crippen LogP contribution in [0, 0.1) is 12.7 Å². The summed E-state index contributed by atoms with van der Waals surface area (Å²) in [5.74, 6) is -0.331. The van der Waals surface area contributed by atoms with Crippen LogP contribution in [0.25, 0.3) is 6.08 Å². The normalized spacial score (nSPS) is 10.7. The second-order valence-electron chi connectivity index (χ2n) is 6.10. The van der Waals surface area contributed by atoms with Crippen LogP contribution in [0.5, 0.6) is 0 Å². The highest BCUT2D eigenvalue weighted by molar-refractivity contribution is 5.93. The quantitative estimate of drug-likeness (QED) is 0.728. The van der Waals surface area contributed by atoms with Gasteiger partial charge in [-0.15, -0.1) is 0 Å². The highest BCUT2D eigenvalue weighted by atomic mass is 19.1. The first-order valence-corrected chi connectivity index (χ1v) is 8.36. The Morgan fingerprint density at radius 1 is 1.22 bits per heavy atom. The molecule has 0 aliphatic heterocycles. The van der Waals surface area contributed by atoms with Gasteiger partial charge in [-0.3, -0.25) is 9.59 Å². The topological polar surface area (TPSA) is 87.2 Å². The van der Waals surface area contributed by atoms with Crippen molar-refractivity contribution in [1.29, 1.82) is 0 Å². The number of carbonyl (C=O) groups excluding carboxylic acids is 2. The number of aromatic nitrogens is 2. The molecule has 142 valence electrons. The van der Waals surface area contributed by atoms with Crippen molar-refractivity contribution in [2.75, 3.05) is 30.9 Å². The average molecular weight is 371 g/mol. The zero-order valence-electron chi connectivity index (χ0n) is 15.5. The van der Waals surface area contributed by atoms with Crippen molar-refractivity contribution in [2.45, 2.75) is 13.3 Å². The maximum Gasteiger partial charge on any atom is 0.244 e. The summed E-state index contributed by atoms with van der Waals surface area (Å²) in [4.78, 5) is 33.7. The molecule has 27 heavy (non-hydrogen) atoms. The molecule has 1 aromatic heterocycles. The number of hydrogen-bond acceptors (Lipinski definition) is 5. The van der Waals surface area contributed by atoms with Gasteiger partial charge in [0.1, 0.15) is 5.82 Å². The van der Waals surface area contributed by atoms with Gasteiger partial charge in [0.2, 0.25) is 17.8 Å². The fourth-order valence-corrected chi connectivity index (χ4v) is 2.12. The van der Waals surface area contributed by atoms with Crippen molar-refractivity contribution in [3.05, 3.63) is 53.6 Å². The summed E-state index contributed by atoms with van der Waals surface area (Å²) in [6.07, 6.45) is 6.29. The molecule has 2 rings (SSSR count). The lowest BCUT2D eigenvalue weighted by Crippen LogP contribution is -2.26. The number of anilines is 2. The minimum atomic E-state index is -0.325. The molecule has 1 aromatic carbocycles. The molecule has 2 amide bonds. The monoisotopic (exact) mass is 371 g/mol. The number of amides is 2. The molecule has 2 aromatic rings. The molecule has 1 heterocycles. The number of nitrogens with zero attached hydrogens (tertiary/aromatic N) is 3. The van der Waals surface area contributed by atoms with E-state index in [1.807, 2.05) is 14.1 Å². The molecule has 0 fully saturated rings. The Morgan fingerprint density at radius 2 is 1.93 bits per heavy atom. The molecule has 0 aliphatic carbocycles. The molecule has 8 heteroatoms. The number of rotatable bonds is 7. The Bertz CT molecular complexity index is 834. The molecule has 0 aliphatic rings. The Balaban J connectivity index is 1.74. The number of halogens is 1. The van der Waals surface area contributed by atoms with Crippen LogP contribution < -0.4 is 15.5 Å². The summed E-state index contributed by atoms with van der Waals surface area (Å²) >= 11 is 0. The lowest BCUT2D eigenvalue weighted by atomic mass is 10.2. The molecule has 0 saturated carbocycles. The standard InChI is InChI=1S/C19H22FN5O2/c1-13-10-15(5-6-16(13)20)24-18(27)8-9-21-17(26)7-4-14-11-22-19(23-12-14)25(2)3/h4-7,10-12H,8-9H2,1-3H3,(H,21,26)(H,24,27)/b7-4+. The van der Waals surface area contributed by atoms with Crippen LogP contribution >= 0.6 is 0 Å². The minimum absolute atomic E-state index is 0.108. The smallest absolute Gasteiger partial charge is 0.244 e. The molecule has 0 radical (unpaired) electrons. The predicted molar refractivity (Wildman–Crippen MR) is 103 cm³/mol. The lowest BCUT2D eigenvalue weighted by Gasteiger charge is -2.08. The van der Waals surface area contributed by atoms with Gasteiger partial charge in [-0.2, -0.15) is 0 Å². The van der Waals surface area contributed by atoms with Crippen LogP contribution in [-0.4, -0.2) is 42.4 Å². The van der Waals surface area contributed by atoms with Crippen LogP contribution in [0.15, 0.2) is 36.7 Å². The zero-order chi connectivity index (χ0) is 19.8. The lowest BCUT2D eigenvalue weighted by molar-refractivity contribution is -0.117. The van der Waals surface area contributed by atoms with Gasteiger partial charge in [-0.05, 0) is 36.8 Å². The third-order valence-corrected chi connectivity index (χ3v) is 3.58. The number of benzene rings is 1. The Hall–Kier alpha value is -3.29. The maximum absolute atomic E-state index is 13.2. The van der Waals surface area contributed by atoms with Gasteiger partial charge in [0.15, 0.2) is 0 Å². The van der Waals surface area contributed by atoms with E-state index in [0.29, 0.717) is 22.8 Å². The van der Waals surface area contributed by atoms with Crippen molar-refractivity contribution < 1.29 is 14.0 Å². The van der Waals surface area contributed by atoms with Crippen LogP contribution in [0.1, 0.15) is 17.5 Å². The molecule has 0 unspecified atom stereocenters. The van der Waals surface area contributed by atoms with Crippen molar-refractivity contribution in [3.63, 3.8) is 0 Å². The summed E-state index contributed by atoms with van der Waals surface area (Å²) in [5.41, 5.74) is 1.67. The third kappa shape index (κ3) is 6.50. The van der Waals surface area contributed by atoms with Crippen LogP contribution in [0.4, 0.5) is 16.0 Å². The second-order valence-corrected chi connectivity index (χ2v) is 6.10. The van der Waals surface area contributed by atoms with Gasteiger partial charge < -0.3 is 15.5 Å². The fraction of sp³-hybridized carbons (Fsp3) is 0.263. The van der Waals surface area contributed by atoms with Crippen molar-refractivity contribution in [3.8, 4) is 0 Å². The van der Waals surface area contributed by atoms with E-state index in [9.17, 15) is 14.0 Å². The van der Waals surface area contributed by atoms with Crippen LogP contribution in [0.2, 0.25) is 0 Å². The van der Waals surface area contributed by atoms with E-state index in [1.165, 1.54) is 18.2 Å². The summed E-state index contributed by atoms with van der Waals surface area (Å²) < 4.78 is 13.2. The largest absolute Gasteiger partial charge is 0.352 e. The second kappa shape index (κ2) is 9.42. The fourth-order valence-electron chi connectivity index (χ4n) is 2.12. The molecule has 0 saturated heterocycles. The molecule has 2 N–H and O–H groups in total. The number of carbonyl (C=O) groups is 2. The van der Waals surface area contributed by atoms with Crippen LogP contribution in [-0.2, 0) is 9.59 Å². The highest BCUT2D eigenvalue weighted by Crippen LogP contribution is 2.13. The van der Waals surface area contributed by atoms with Gasteiger partial charge >= 0.3 is 0 Å². The number of hydrogen-bond donors (Lipinski definition) is 2. The maximum atomic E-state index is 13.2. The van der Waals surface area contributed by atoms with E-state index in [1.54, 1.807) is 36.4 Å². The van der Waals surface area contributed by atoms with Crippen LogP contribution in [0.3, 0.4) is 0 Å². The summed E-state index contributed by atoms with van der Waals surface area (Å²) in [6.45, 7) is 1.81. The number of aryl methyl sites for hydroxylation is 1. The summed E-state index contributed by atoms with van der Waals surface area (Å²) in [5, 5.41) is 5.28. The molecule has 0 bridgehead atoms. The van der Waals surface area contributed by atoms with E-state index < -0.39 is 0 Å². The minimum Gasteiger partial charge on any atom is -0.352 e. The summed E-state index contributed by atoms with van der Waals surface area (Å²) in [7, 11) is 3.68. The first kappa shape index (κ1) is 20.0. The Morgan fingerprint density at radius 3 is 2.56 bits per heavy atom. The Kier molecular flexibility index (Phi) is 6.99. The van der Waals surface area contributed by atoms with E-state index in [2.05, 4.69) is 20.6 Å². The van der Waals surface area contributed by atoms with E-state index in [4.69, 9.17) is 0 Å². The highest BCUT2D eigenvalue weighted by Gasteiger charge is 2.05. The molecule has 0 atom stereocenters. The summed E-state index contributed by atoms with van der Waals surface area (Å²) in [6, 6.07) is 4.34. The van der Waals surface area contributed by atoms with Crippen molar-refractivity contribution in [2.24, 2.45) is 0 Å². The van der Waals surface area contributed by atoms with Crippen molar-refractivity contribution >= 4 is 29.5 Å². The average Bonchev–Trinajstić information content (AvgIpc) is 2.63. The SMILES string of the molecule is Cc1cc(NC(=O)CCNC(=O)/C=C/c2cnc(N(C)C)nc2)ccc1F. The molecular weight excluding hydrogens is 349 g/mol.